The summed E-state index contributed by atoms with van der Waals surface area (Å²) in [5.74, 6) is -0.172. The van der Waals surface area contributed by atoms with E-state index in [-0.39, 0.29) is 16.7 Å². The summed E-state index contributed by atoms with van der Waals surface area (Å²) < 4.78 is 32.4. The lowest BCUT2D eigenvalue weighted by molar-refractivity contribution is 0.102. The van der Waals surface area contributed by atoms with Gasteiger partial charge in [-0.25, -0.2) is 13.1 Å². The quantitative estimate of drug-likeness (QED) is 0.676. The van der Waals surface area contributed by atoms with Gasteiger partial charge < -0.3 is 9.84 Å². The predicted molar refractivity (Wildman–Crippen MR) is 107 cm³/mol. The zero-order valence-corrected chi connectivity index (χ0v) is 16.8. The molecular formula is C20H21N3O4S. The van der Waals surface area contributed by atoms with Crippen LogP contribution in [0.3, 0.4) is 0 Å². The van der Waals surface area contributed by atoms with E-state index in [1.165, 1.54) is 24.3 Å². The molecule has 0 aliphatic rings. The number of rotatable bonds is 5. The minimum absolute atomic E-state index is 0.0464. The van der Waals surface area contributed by atoms with Gasteiger partial charge in [-0.05, 0) is 75.2 Å². The van der Waals surface area contributed by atoms with E-state index in [1.54, 1.807) is 19.9 Å². The summed E-state index contributed by atoms with van der Waals surface area (Å²) in [6.07, 6.45) is 0. The lowest BCUT2D eigenvalue weighted by atomic mass is 10.1. The molecule has 146 valence electrons. The second-order valence-electron chi connectivity index (χ2n) is 6.61. The van der Waals surface area contributed by atoms with Crippen molar-refractivity contribution in [3.63, 3.8) is 0 Å². The fourth-order valence-electron chi connectivity index (χ4n) is 2.49. The minimum atomic E-state index is -3.83. The van der Waals surface area contributed by atoms with Crippen LogP contribution in [0.1, 0.15) is 32.7 Å². The lowest BCUT2D eigenvalue weighted by Gasteiger charge is -2.09. The van der Waals surface area contributed by atoms with Crippen LogP contribution < -0.4 is 10.0 Å². The van der Waals surface area contributed by atoms with Crippen molar-refractivity contribution in [3.05, 3.63) is 70.4 Å². The number of anilines is 2. The molecule has 2 N–H and O–H groups in total. The zero-order chi connectivity index (χ0) is 20.5. The minimum Gasteiger partial charge on any atom is -0.337 e. The number of amides is 1. The zero-order valence-electron chi connectivity index (χ0n) is 16.0. The van der Waals surface area contributed by atoms with Crippen molar-refractivity contribution >= 4 is 27.5 Å². The molecule has 0 radical (unpaired) electrons. The number of carbonyl (C=O) groups is 1. The molecule has 0 bridgehead atoms. The highest BCUT2D eigenvalue weighted by Gasteiger charge is 2.19. The van der Waals surface area contributed by atoms with E-state index in [4.69, 9.17) is 4.52 Å². The van der Waals surface area contributed by atoms with Crippen molar-refractivity contribution in [2.24, 2.45) is 0 Å². The van der Waals surface area contributed by atoms with Gasteiger partial charge in [0, 0.05) is 16.8 Å². The number of benzene rings is 2. The molecule has 3 rings (SSSR count). The van der Waals surface area contributed by atoms with Gasteiger partial charge in [0.1, 0.15) is 0 Å². The van der Waals surface area contributed by atoms with Crippen molar-refractivity contribution in [2.45, 2.75) is 32.6 Å². The van der Waals surface area contributed by atoms with Gasteiger partial charge in [0.05, 0.1) is 10.6 Å². The number of aryl methyl sites for hydroxylation is 3. The van der Waals surface area contributed by atoms with Crippen LogP contribution in [0.2, 0.25) is 0 Å². The van der Waals surface area contributed by atoms with Crippen LogP contribution in [0.15, 0.2) is 51.9 Å². The van der Waals surface area contributed by atoms with Gasteiger partial charge >= 0.3 is 0 Å². The monoisotopic (exact) mass is 399 g/mol. The molecule has 0 fully saturated rings. The topological polar surface area (TPSA) is 101 Å². The Hall–Kier alpha value is -3.13. The van der Waals surface area contributed by atoms with E-state index in [1.807, 2.05) is 26.0 Å². The number of nitrogens with one attached hydrogen (secondary N) is 2. The molecule has 2 aromatic carbocycles. The molecule has 0 aliphatic heterocycles. The maximum Gasteiger partial charge on any atom is 0.264 e. The number of sulfonamides is 1. The molecule has 0 spiro atoms. The highest BCUT2D eigenvalue weighted by molar-refractivity contribution is 7.92. The van der Waals surface area contributed by atoms with Crippen LogP contribution in [0, 0.1) is 27.7 Å². The third kappa shape index (κ3) is 4.07. The maximum atomic E-state index is 12.5. The molecule has 8 heteroatoms. The molecule has 0 unspecified atom stereocenters. The Morgan fingerprint density at radius 2 is 1.64 bits per heavy atom. The number of aromatic nitrogens is 1. The first-order valence-electron chi connectivity index (χ1n) is 8.62. The normalized spacial score (nSPS) is 11.3. The van der Waals surface area contributed by atoms with Crippen molar-refractivity contribution in [3.8, 4) is 0 Å². The van der Waals surface area contributed by atoms with Crippen molar-refractivity contribution in [1.29, 1.82) is 0 Å². The molecule has 28 heavy (non-hydrogen) atoms. The maximum absolute atomic E-state index is 12.5. The number of nitrogens with zero attached hydrogens (tertiary/aromatic N) is 1. The van der Waals surface area contributed by atoms with E-state index < -0.39 is 10.0 Å². The van der Waals surface area contributed by atoms with Gasteiger partial charge in [-0.1, -0.05) is 11.2 Å². The fraction of sp³-hybridized carbons (Fsp3) is 0.200. The Kier molecular flexibility index (Phi) is 5.24. The summed E-state index contributed by atoms with van der Waals surface area (Å²) in [7, 11) is -3.83. The molecular weight excluding hydrogens is 378 g/mol. The third-order valence-electron chi connectivity index (χ3n) is 4.58. The van der Waals surface area contributed by atoms with E-state index >= 15 is 0 Å². The summed E-state index contributed by atoms with van der Waals surface area (Å²) in [5, 5.41) is 6.49. The van der Waals surface area contributed by atoms with Crippen molar-refractivity contribution in [2.75, 3.05) is 10.0 Å². The molecule has 3 aromatic rings. The summed E-state index contributed by atoms with van der Waals surface area (Å²) in [5.41, 5.74) is 4.41. The van der Waals surface area contributed by atoms with E-state index in [0.717, 1.165) is 11.1 Å². The predicted octanol–water partition coefficient (Wildman–Crippen LogP) is 3.96. The summed E-state index contributed by atoms with van der Waals surface area (Å²) in [6, 6.07) is 11.3. The highest BCUT2D eigenvalue weighted by atomic mass is 32.2. The van der Waals surface area contributed by atoms with Crippen LogP contribution in [-0.4, -0.2) is 19.5 Å². The molecule has 1 aromatic heterocycles. The molecule has 0 aliphatic carbocycles. The van der Waals surface area contributed by atoms with Gasteiger partial charge in [-0.3, -0.25) is 4.79 Å². The Balaban J connectivity index is 1.74. The molecule has 0 atom stereocenters. The fourth-order valence-corrected chi connectivity index (χ4v) is 3.54. The largest absolute Gasteiger partial charge is 0.337 e. The van der Waals surface area contributed by atoms with Gasteiger partial charge in [0.15, 0.2) is 0 Å². The van der Waals surface area contributed by atoms with E-state index in [0.29, 0.717) is 22.5 Å². The van der Waals surface area contributed by atoms with Gasteiger partial charge in [-0.15, -0.1) is 0 Å². The molecule has 0 saturated carbocycles. The van der Waals surface area contributed by atoms with Crippen molar-refractivity contribution < 1.29 is 17.7 Å². The van der Waals surface area contributed by atoms with Gasteiger partial charge in [0.2, 0.25) is 5.88 Å². The number of hydrogen-bond acceptors (Lipinski definition) is 5. The van der Waals surface area contributed by atoms with Crippen molar-refractivity contribution in [1.82, 2.24) is 5.16 Å². The standard InChI is InChI=1S/C20H21N3O4S/c1-12-5-6-16(11-13(12)2)19(24)21-17-7-9-18(10-8-17)28(25,26)23-20-14(3)15(4)22-27-20/h5-11,23H,1-4H3,(H,21,24). The molecule has 0 saturated heterocycles. The average Bonchev–Trinajstić information content (AvgIpc) is 2.96. The van der Waals surface area contributed by atoms with E-state index in [2.05, 4.69) is 15.2 Å². The first-order chi connectivity index (χ1) is 13.2. The molecule has 1 heterocycles. The number of hydrogen-bond donors (Lipinski definition) is 2. The first kappa shape index (κ1) is 19.6. The lowest BCUT2D eigenvalue weighted by Crippen LogP contribution is -2.14. The Bertz CT molecular complexity index is 1130. The number of carbonyl (C=O) groups excluding carboxylic acids is 1. The van der Waals surface area contributed by atoms with E-state index in [9.17, 15) is 13.2 Å². The third-order valence-corrected chi connectivity index (χ3v) is 5.92. The molecule has 7 nitrogen and oxygen atoms in total. The van der Waals surface area contributed by atoms with Crippen LogP contribution in [-0.2, 0) is 10.0 Å². The van der Waals surface area contributed by atoms with Crippen LogP contribution in [0.4, 0.5) is 11.6 Å². The Morgan fingerprint density at radius 3 is 2.21 bits per heavy atom. The van der Waals surface area contributed by atoms with Crippen LogP contribution >= 0.6 is 0 Å². The smallest absolute Gasteiger partial charge is 0.264 e. The van der Waals surface area contributed by atoms with Gasteiger partial charge in [0.25, 0.3) is 15.9 Å². The second kappa shape index (κ2) is 7.47. The average molecular weight is 399 g/mol. The Labute approximate surface area is 163 Å². The molecule has 1 amide bonds. The summed E-state index contributed by atoms with van der Waals surface area (Å²) in [4.78, 5) is 12.4. The summed E-state index contributed by atoms with van der Waals surface area (Å²) in [6.45, 7) is 7.36. The highest BCUT2D eigenvalue weighted by Crippen LogP contribution is 2.23. The second-order valence-corrected chi connectivity index (χ2v) is 8.29. The first-order valence-corrected chi connectivity index (χ1v) is 10.1. The Morgan fingerprint density at radius 1 is 0.964 bits per heavy atom. The SMILES string of the molecule is Cc1ccc(C(=O)Nc2ccc(S(=O)(=O)Nc3onc(C)c3C)cc2)cc1C. The van der Waals surface area contributed by atoms with Crippen LogP contribution in [0.5, 0.6) is 0 Å². The summed E-state index contributed by atoms with van der Waals surface area (Å²) >= 11 is 0. The van der Waals surface area contributed by atoms with Gasteiger partial charge in [-0.2, -0.15) is 0 Å². The van der Waals surface area contributed by atoms with Crippen LogP contribution in [0.25, 0.3) is 0 Å².